The molecule has 4 heteroatoms. The Labute approximate surface area is 109 Å². The lowest BCUT2D eigenvalue weighted by atomic mass is 9.98. The molecule has 0 fully saturated rings. The Morgan fingerprint density at radius 2 is 2.25 bits per heavy atom. The zero-order chi connectivity index (χ0) is 11.5. The summed E-state index contributed by atoms with van der Waals surface area (Å²) in [7, 11) is 1.98. The third-order valence-corrected chi connectivity index (χ3v) is 3.38. The monoisotopic (exact) mass is 327 g/mol. The van der Waals surface area contributed by atoms with Gasteiger partial charge >= 0.3 is 0 Å². The molecule has 0 bridgehead atoms. The summed E-state index contributed by atoms with van der Waals surface area (Å²) < 4.78 is 3.25. The van der Waals surface area contributed by atoms with Gasteiger partial charge < -0.3 is 4.57 Å². The Morgan fingerprint density at radius 1 is 1.44 bits per heavy atom. The van der Waals surface area contributed by atoms with Gasteiger partial charge in [0.2, 0.25) is 0 Å². The predicted octanol–water partition coefficient (Wildman–Crippen LogP) is 2.77. The quantitative estimate of drug-likeness (QED) is 0.812. The summed E-state index contributed by atoms with van der Waals surface area (Å²) in [5.41, 5.74) is 1.36. The van der Waals surface area contributed by atoms with E-state index in [0.29, 0.717) is 5.92 Å². The van der Waals surface area contributed by atoms with Crippen LogP contribution in [0.3, 0.4) is 0 Å². The van der Waals surface area contributed by atoms with Crippen LogP contribution >= 0.6 is 22.6 Å². The molecule has 1 heterocycles. The van der Waals surface area contributed by atoms with Gasteiger partial charge in [-0.1, -0.05) is 19.1 Å². The summed E-state index contributed by atoms with van der Waals surface area (Å²) in [6.45, 7) is 2.22. The van der Waals surface area contributed by atoms with Gasteiger partial charge in [0.25, 0.3) is 0 Å². The van der Waals surface area contributed by atoms with Crippen molar-refractivity contribution in [1.29, 1.82) is 0 Å². The maximum atomic E-state index is 4.11. The maximum Gasteiger partial charge on any atom is 0.133 e. The molecule has 0 aliphatic heterocycles. The lowest BCUT2D eigenvalue weighted by Gasteiger charge is -2.11. The van der Waals surface area contributed by atoms with E-state index in [1.807, 2.05) is 11.6 Å². The van der Waals surface area contributed by atoms with Crippen molar-refractivity contribution < 1.29 is 0 Å². The van der Waals surface area contributed by atoms with Gasteiger partial charge in [-0.2, -0.15) is 0 Å². The molecule has 16 heavy (non-hydrogen) atoms. The van der Waals surface area contributed by atoms with Crippen molar-refractivity contribution >= 4 is 22.6 Å². The van der Waals surface area contributed by atoms with Crippen LogP contribution in [0, 0.1) is 3.57 Å². The van der Waals surface area contributed by atoms with E-state index < -0.39 is 0 Å². The average Bonchev–Trinajstić information content (AvgIpc) is 2.64. The summed E-state index contributed by atoms with van der Waals surface area (Å²) in [5.74, 6) is 1.50. The molecule has 1 atom stereocenters. The Balaban J connectivity index is 2.14. The molecule has 1 aromatic carbocycles. The van der Waals surface area contributed by atoms with Crippen LogP contribution in [-0.2, 0) is 13.5 Å². The molecule has 0 saturated carbocycles. The van der Waals surface area contributed by atoms with Crippen molar-refractivity contribution in [1.82, 2.24) is 14.8 Å². The SMILES string of the molecule is C[C@H](Cc1nncn1C)c1cccc(I)c1. The highest BCUT2D eigenvalue weighted by Gasteiger charge is 2.10. The van der Waals surface area contributed by atoms with E-state index in [1.54, 1.807) is 6.33 Å². The average molecular weight is 327 g/mol. The summed E-state index contributed by atoms with van der Waals surface area (Å²) >= 11 is 2.34. The molecule has 0 amide bonds. The van der Waals surface area contributed by atoms with Crippen molar-refractivity contribution in [2.24, 2.45) is 7.05 Å². The number of halogens is 1. The van der Waals surface area contributed by atoms with E-state index in [1.165, 1.54) is 9.13 Å². The van der Waals surface area contributed by atoms with Crippen LogP contribution in [0.15, 0.2) is 30.6 Å². The molecule has 0 spiro atoms. The number of rotatable bonds is 3. The van der Waals surface area contributed by atoms with Crippen molar-refractivity contribution in [2.75, 3.05) is 0 Å². The van der Waals surface area contributed by atoms with Gasteiger partial charge in [-0.3, -0.25) is 0 Å². The van der Waals surface area contributed by atoms with Gasteiger partial charge in [0, 0.05) is 17.0 Å². The summed E-state index contributed by atoms with van der Waals surface area (Å²) in [6, 6.07) is 8.61. The van der Waals surface area contributed by atoms with Crippen LogP contribution in [-0.4, -0.2) is 14.8 Å². The molecule has 0 aliphatic rings. The van der Waals surface area contributed by atoms with E-state index >= 15 is 0 Å². The number of aromatic nitrogens is 3. The fourth-order valence-electron chi connectivity index (χ4n) is 1.70. The second-order valence-corrected chi connectivity index (χ2v) is 5.26. The molecule has 0 aliphatic carbocycles. The van der Waals surface area contributed by atoms with Gasteiger partial charge in [-0.05, 0) is 46.2 Å². The van der Waals surface area contributed by atoms with Crippen molar-refractivity contribution in [3.05, 3.63) is 45.6 Å². The first-order valence-electron chi connectivity index (χ1n) is 5.25. The molecule has 0 radical (unpaired) electrons. The first-order chi connectivity index (χ1) is 7.66. The lowest BCUT2D eigenvalue weighted by molar-refractivity contribution is 0.681. The second kappa shape index (κ2) is 4.95. The topological polar surface area (TPSA) is 30.7 Å². The predicted molar refractivity (Wildman–Crippen MR) is 72.3 cm³/mol. The Hall–Kier alpha value is -0.910. The third kappa shape index (κ3) is 2.61. The molecular weight excluding hydrogens is 313 g/mol. The van der Waals surface area contributed by atoms with Crippen LogP contribution < -0.4 is 0 Å². The van der Waals surface area contributed by atoms with E-state index in [9.17, 15) is 0 Å². The largest absolute Gasteiger partial charge is 0.321 e. The third-order valence-electron chi connectivity index (χ3n) is 2.71. The fraction of sp³-hybridized carbons (Fsp3) is 0.333. The van der Waals surface area contributed by atoms with E-state index in [4.69, 9.17) is 0 Å². The smallest absolute Gasteiger partial charge is 0.133 e. The van der Waals surface area contributed by atoms with Gasteiger partial charge in [0.05, 0.1) is 0 Å². The first-order valence-corrected chi connectivity index (χ1v) is 6.33. The highest BCUT2D eigenvalue weighted by atomic mass is 127. The Kier molecular flexibility index (Phi) is 3.58. The van der Waals surface area contributed by atoms with Crippen LogP contribution in [0.2, 0.25) is 0 Å². The molecule has 2 aromatic rings. The zero-order valence-electron chi connectivity index (χ0n) is 9.39. The minimum Gasteiger partial charge on any atom is -0.321 e. The van der Waals surface area contributed by atoms with Crippen LogP contribution in [0.4, 0.5) is 0 Å². The Morgan fingerprint density at radius 3 is 2.88 bits per heavy atom. The maximum absolute atomic E-state index is 4.11. The van der Waals surface area contributed by atoms with E-state index in [0.717, 1.165) is 12.2 Å². The Bertz CT molecular complexity index is 479. The van der Waals surface area contributed by atoms with Gasteiger partial charge in [0.15, 0.2) is 0 Å². The van der Waals surface area contributed by atoms with Crippen molar-refractivity contribution in [2.45, 2.75) is 19.3 Å². The van der Waals surface area contributed by atoms with E-state index in [-0.39, 0.29) is 0 Å². The number of aryl methyl sites for hydroxylation is 1. The van der Waals surface area contributed by atoms with Gasteiger partial charge in [-0.15, -0.1) is 10.2 Å². The minimum atomic E-state index is 0.470. The minimum absolute atomic E-state index is 0.470. The molecule has 1 aromatic heterocycles. The van der Waals surface area contributed by atoms with Crippen LogP contribution in [0.25, 0.3) is 0 Å². The number of hydrogen-bond acceptors (Lipinski definition) is 2. The molecule has 84 valence electrons. The number of nitrogens with zero attached hydrogens (tertiary/aromatic N) is 3. The summed E-state index contributed by atoms with van der Waals surface area (Å²) in [4.78, 5) is 0. The van der Waals surface area contributed by atoms with Crippen LogP contribution in [0.1, 0.15) is 24.2 Å². The molecular formula is C12H14IN3. The number of hydrogen-bond donors (Lipinski definition) is 0. The van der Waals surface area contributed by atoms with Gasteiger partial charge in [-0.25, -0.2) is 0 Å². The zero-order valence-corrected chi connectivity index (χ0v) is 11.5. The van der Waals surface area contributed by atoms with Crippen molar-refractivity contribution in [3.63, 3.8) is 0 Å². The molecule has 2 rings (SSSR count). The highest BCUT2D eigenvalue weighted by molar-refractivity contribution is 14.1. The molecule has 0 N–H and O–H groups in total. The van der Waals surface area contributed by atoms with Gasteiger partial charge in [0.1, 0.15) is 12.2 Å². The van der Waals surface area contributed by atoms with Crippen molar-refractivity contribution in [3.8, 4) is 0 Å². The summed E-state index contributed by atoms with van der Waals surface area (Å²) in [5, 5.41) is 8.01. The highest BCUT2D eigenvalue weighted by Crippen LogP contribution is 2.20. The molecule has 0 saturated heterocycles. The molecule has 3 nitrogen and oxygen atoms in total. The standard InChI is InChI=1S/C12H14IN3/c1-9(6-12-15-14-8-16(12)2)10-4-3-5-11(13)7-10/h3-5,7-9H,6H2,1-2H3/t9-/m1/s1. The normalized spacial score (nSPS) is 12.7. The first kappa shape index (κ1) is 11.6. The summed E-state index contributed by atoms with van der Waals surface area (Å²) in [6.07, 6.45) is 2.67. The van der Waals surface area contributed by atoms with E-state index in [2.05, 4.69) is 64.0 Å². The molecule has 0 unspecified atom stereocenters. The fourth-order valence-corrected chi connectivity index (χ4v) is 2.26. The van der Waals surface area contributed by atoms with Crippen LogP contribution in [0.5, 0.6) is 0 Å². The lowest BCUT2D eigenvalue weighted by Crippen LogP contribution is -2.04. The second-order valence-electron chi connectivity index (χ2n) is 4.02. The number of benzene rings is 1.